The summed E-state index contributed by atoms with van der Waals surface area (Å²) >= 11 is 0. The molecule has 0 saturated carbocycles. The van der Waals surface area contributed by atoms with Gasteiger partial charge in [-0.05, 0) is 30.3 Å². The first kappa shape index (κ1) is 18.8. The van der Waals surface area contributed by atoms with Crippen molar-refractivity contribution in [3.05, 3.63) is 59.7 Å². The van der Waals surface area contributed by atoms with Gasteiger partial charge in [-0.1, -0.05) is 18.2 Å². The fourth-order valence-corrected chi connectivity index (χ4v) is 2.07. The van der Waals surface area contributed by atoms with Gasteiger partial charge < -0.3 is 14.8 Å². The standard InChI is InChI=1S/C18H19N3O5/c1-25-14-9-8-13(10-15(14)26-2)17(23)19-11-16(22)20-21-18(24)12-6-4-3-5-7-12/h3-10H,11H2,1-2H3,(H,19,23)(H,20,22)(H,21,24). The Balaban J connectivity index is 1.83. The molecule has 2 aromatic rings. The van der Waals surface area contributed by atoms with Gasteiger partial charge in [-0.25, -0.2) is 0 Å². The Morgan fingerprint density at radius 2 is 1.50 bits per heavy atom. The second-order valence-corrected chi connectivity index (χ2v) is 5.12. The summed E-state index contributed by atoms with van der Waals surface area (Å²) in [5.74, 6) is -0.589. The van der Waals surface area contributed by atoms with E-state index in [1.807, 2.05) is 0 Å². The van der Waals surface area contributed by atoms with E-state index in [1.165, 1.54) is 20.3 Å². The van der Waals surface area contributed by atoms with E-state index in [9.17, 15) is 14.4 Å². The number of methoxy groups -OCH3 is 2. The lowest BCUT2D eigenvalue weighted by Gasteiger charge is -2.10. The van der Waals surface area contributed by atoms with Gasteiger partial charge in [-0.3, -0.25) is 25.2 Å². The first-order valence-corrected chi connectivity index (χ1v) is 7.69. The number of hydrogen-bond donors (Lipinski definition) is 3. The van der Waals surface area contributed by atoms with Crippen LogP contribution in [0.1, 0.15) is 20.7 Å². The Bertz CT molecular complexity index is 793. The van der Waals surface area contributed by atoms with Crippen LogP contribution in [0.5, 0.6) is 11.5 Å². The Morgan fingerprint density at radius 3 is 2.15 bits per heavy atom. The van der Waals surface area contributed by atoms with Crippen molar-refractivity contribution in [1.29, 1.82) is 0 Å². The first-order chi connectivity index (χ1) is 12.5. The summed E-state index contributed by atoms with van der Waals surface area (Å²) in [6.45, 7) is -0.303. The molecule has 0 aliphatic heterocycles. The molecule has 0 aromatic heterocycles. The van der Waals surface area contributed by atoms with Gasteiger partial charge in [0.15, 0.2) is 11.5 Å². The van der Waals surface area contributed by atoms with Crippen LogP contribution in [0.2, 0.25) is 0 Å². The molecule has 0 aliphatic carbocycles. The van der Waals surface area contributed by atoms with Crippen molar-refractivity contribution < 1.29 is 23.9 Å². The van der Waals surface area contributed by atoms with Crippen LogP contribution in [0.3, 0.4) is 0 Å². The molecule has 0 saturated heterocycles. The lowest BCUT2D eigenvalue weighted by Crippen LogP contribution is -2.46. The van der Waals surface area contributed by atoms with E-state index in [1.54, 1.807) is 42.5 Å². The molecule has 26 heavy (non-hydrogen) atoms. The van der Waals surface area contributed by atoms with Crippen LogP contribution >= 0.6 is 0 Å². The Hall–Kier alpha value is -3.55. The summed E-state index contributed by atoms with van der Waals surface area (Å²) in [4.78, 5) is 35.7. The van der Waals surface area contributed by atoms with E-state index in [0.29, 0.717) is 22.6 Å². The van der Waals surface area contributed by atoms with Crippen molar-refractivity contribution in [3.8, 4) is 11.5 Å². The molecule has 2 rings (SSSR count). The minimum atomic E-state index is -0.567. The highest BCUT2D eigenvalue weighted by Crippen LogP contribution is 2.27. The Morgan fingerprint density at radius 1 is 0.808 bits per heavy atom. The summed E-state index contributed by atoms with van der Waals surface area (Å²) in [5, 5.41) is 2.45. The molecule has 3 amide bonds. The molecule has 8 nitrogen and oxygen atoms in total. The van der Waals surface area contributed by atoms with Gasteiger partial charge in [-0.15, -0.1) is 0 Å². The second kappa shape index (κ2) is 9.07. The zero-order valence-electron chi connectivity index (χ0n) is 14.4. The summed E-state index contributed by atoms with van der Waals surface area (Å²) in [7, 11) is 2.95. The molecule has 0 aliphatic rings. The molecule has 0 atom stereocenters. The summed E-state index contributed by atoms with van der Waals surface area (Å²) in [6, 6.07) is 13.1. The number of ether oxygens (including phenoxy) is 2. The van der Waals surface area contributed by atoms with Crippen LogP contribution in [0.15, 0.2) is 48.5 Å². The van der Waals surface area contributed by atoms with Gasteiger partial charge in [0, 0.05) is 11.1 Å². The van der Waals surface area contributed by atoms with E-state index >= 15 is 0 Å². The monoisotopic (exact) mass is 357 g/mol. The topological polar surface area (TPSA) is 106 Å². The number of nitrogens with one attached hydrogen (secondary N) is 3. The largest absolute Gasteiger partial charge is 0.493 e. The quantitative estimate of drug-likeness (QED) is 0.666. The number of hydrogen-bond acceptors (Lipinski definition) is 5. The molecule has 0 heterocycles. The van der Waals surface area contributed by atoms with Gasteiger partial charge in [0.1, 0.15) is 0 Å². The predicted octanol–water partition coefficient (Wildman–Crippen LogP) is 0.895. The van der Waals surface area contributed by atoms with Crippen LogP contribution < -0.4 is 25.6 Å². The minimum absolute atomic E-state index is 0.303. The molecule has 0 fully saturated rings. The summed E-state index contributed by atoms with van der Waals surface area (Å²) in [6.07, 6.45) is 0. The van der Waals surface area contributed by atoms with Gasteiger partial charge in [0.2, 0.25) is 0 Å². The number of rotatable bonds is 6. The number of carbonyl (C=O) groups excluding carboxylic acids is 3. The molecule has 136 valence electrons. The van der Waals surface area contributed by atoms with E-state index in [2.05, 4.69) is 16.2 Å². The SMILES string of the molecule is COc1ccc(C(=O)NCC(=O)NNC(=O)c2ccccc2)cc1OC. The molecule has 8 heteroatoms. The van der Waals surface area contributed by atoms with E-state index in [4.69, 9.17) is 9.47 Å². The van der Waals surface area contributed by atoms with Gasteiger partial charge in [0.05, 0.1) is 20.8 Å². The van der Waals surface area contributed by atoms with Crippen molar-refractivity contribution in [3.63, 3.8) is 0 Å². The zero-order valence-corrected chi connectivity index (χ0v) is 14.4. The van der Waals surface area contributed by atoms with Crippen molar-refractivity contribution >= 4 is 17.7 Å². The highest BCUT2D eigenvalue weighted by molar-refractivity contribution is 5.98. The average Bonchev–Trinajstić information content (AvgIpc) is 2.70. The number of benzene rings is 2. The first-order valence-electron chi connectivity index (χ1n) is 7.69. The Labute approximate surface area is 150 Å². The zero-order chi connectivity index (χ0) is 18.9. The molecule has 3 N–H and O–H groups in total. The number of amides is 3. The normalized spacial score (nSPS) is 9.77. The van der Waals surface area contributed by atoms with Crippen LogP contribution in [0.25, 0.3) is 0 Å². The maximum atomic E-state index is 12.1. The lowest BCUT2D eigenvalue weighted by molar-refractivity contribution is -0.120. The van der Waals surface area contributed by atoms with Crippen LogP contribution in [-0.4, -0.2) is 38.5 Å². The highest BCUT2D eigenvalue weighted by atomic mass is 16.5. The van der Waals surface area contributed by atoms with E-state index in [-0.39, 0.29) is 6.54 Å². The van der Waals surface area contributed by atoms with Crippen LogP contribution in [0, 0.1) is 0 Å². The molecular formula is C18H19N3O5. The van der Waals surface area contributed by atoms with Crippen molar-refractivity contribution in [1.82, 2.24) is 16.2 Å². The average molecular weight is 357 g/mol. The maximum absolute atomic E-state index is 12.1. The third-order valence-corrected chi connectivity index (χ3v) is 3.41. The maximum Gasteiger partial charge on any atom is 0.269 e. The van der Waals surface area contributed by atoms with E-state index < -0.39 is 17.7 Å². The third kappa shape index (κ3) is 4.97. The van der Waals surface area contributed by atoms with Crippen molar-refractivity contribution in [2.75, 3.05) is 20.8 Å². The smallest absolute Gasteiger partial charge is 0.269 e. The number of hydrazine groups is 1. The Kier molecular flexibility index (Phi) is 6.55. The van der Waals surface area contributed by atoms with Crippen LogP contribution in [-0.2, 0) is 4.79 Å². The minimum Gasteiger partial charge on any atom is -0.493 e. The molecule has 0 bridgehead atoms. The van der Waals surface area contributed by atoms with Gasteiger partial charge in [-0.2, -0.15) is 0 Å². The molecule has 2 aromatic carbocycles. The molecule has 0 unspecified atom stereocenters. The lowest BCUT2D eigenvalue weighted by atomic mass is 10.2. The fourth-order valence-electron chi connectivity index (χ4n) is 2.07. The van der Waals surface area contributed by atoms with E-state index in [0.717, 1.165) is 0 Å². The molecule has 0 spiro atoms. The predicted molar refractivity (Wildman–Crippen MR) is 93.9 cm³/mol. The molecule has 0 radical (unpaired) electrons. The third-order valence-electron chi connectivity index (χ3n) is 3.41. The summed E-state index contributed by atoms with van der Waals surface area (Å²) < 4.78 is 10.2. The van der Waals surface area contributed by atoms with Gasteiger partial charge in [0.25, 0.3) is 17.7 Å². The van der Waals surface area contributed by atoms with Crippen LogP contribution in [0.4, 0.5) is 0 Å². The fraction of sp³-hybridized carbons (Fsp3) is 0.167. The second-order valence-electron chi connectivity index (χ2n) is 5.12. The van der Waals surface area contributed by atoms with Gasteiger partial charge >= 0.3 is 0 Å². The summed E-state index contributed by atoms with van der Waals surface area (Å²) in [5.41, 5.74) is 5.21. The van der Waals surface area contributed by atoms with Crippen molar-refractivity contribution in [2.24, 2.45) is 0 Å². The van der Waals surface area contributed by atoms with Crippen molar-refractivity contribution in [2.45, 2.75) is 0 Å². The molecular weight excluding hydrogens is 338 g/mol. The number of carbonyl (C=O) groups is 3. The highest BCUT2D eigenvalue weighted by Gasteiger charge is 2.12.